The lowest BCUT2D eigenvalue weighted by atomic mass is 9.91. The zero-order valence-electron chi connectivity index (χ0n) is 13.7. The van der Waals surface area contributed by atoms with E-state index in [1.165, 1.54) is 18.2 Å². The third kappa shape index (κ3) is 4.41. The summed E-state index contributed by atoms with van der Waals surface area (Å²) < 4.78 is 40.9. The van der Waals surface area contributed by atoms with Crippen molar-refractivity contribution in [2.45, 2.75) is 50.4 Å². The van der Waals surface area contributed by atoms with E-state index in [0.717, 1.165) is 31.7 Å². The van der Waals surface area contributed by atoms with Gasteiger partial charge in [0.1, 0.15) is 0 Å². The molecule has 0 bridgehead atoms. The molecule has 1 aliphatic carbocycles. The highest BCUT2D eigenvalue weighted by molar-refractivity contribution is 5.79. The van der Waals surface area contributed by atoms with Gasteiger partial charge in [0.2, 0.25) is 5.91 Å². The lowest BCUT2D eigenvalue weighted by molar-refractivity contribution is -0.138. The fraction of sp³-hybridized carbons (Fsp3) is 0.444. The predicted molar refractivity (Wildman–Crippen MR) is 86.8 cm³/mol. The molecule has 3 rings (SSSR count). The number of alkyl halides is 3. The van der Waals surface area contributed by atoms with Gasteiger partial charge < -0.3 is 5.32 Å². The van der Waals surface area contributed by atoms with Gasteiger partial charge in [-0.1, -0.05) is 18.2 Å². The number of aromatic nitrogens is 2. The average Bonchev–Trinajstić information content (AvgIpc) is 3.09. The van der Waals surface area contributed by atoms with Gasteiger partial charge in [0.05, 0.1) is 18.0 Å². The Balaban J connectivity index is 1.54. The van der Waals surface area contributed by atoms with Crippen LogP contribution in [0.15, 0.2) is 42.7 Å². The molecule has 7 heteroatoms. The minimum absolute atomic E-state index is 0.0114. The van der Waals surface area contributed by atoms with Gasteiger partial charge in [-0.05, 0) is 43.4 Å². The average molecular weight is 351 g/mol. The second-order valence-corrected chi connectivity index (χ2v) is 6.39. The number of amides is 1. The number of hydrogen-bond donors (Lipinski definition) is 1. The van der Waals surface area contributed by atoms with Crippen molar-refractivity contribution in [3.05, 3.63) is 53.9 Å². The van der Waals surface area contributed by atoms with Crippen LogP contribution in [0.1, 0.15) is 42.9 Å². The lowest BCUT2D eigenvalue weighted by Crippen LogP contribution is -2.39. The number of nitrogens with zero attached hydrogens (tertiary/aromatic N) is 2. The van der Waals surface area contributed by atoms with Crippen LogP contribution in [-0.2, 0) is 17.4 Å². The molecule has 1 aromatic carbocycles. The number of rotatable bonds is 4. The van der Waals surface area contributed by atoms with Crippen LogP contribution in [0.3, 0.4) is 0 Å². The molecular weight excluding hydrogens is 331 g/mol. The molecule has 0 atom stereocenters. The molecule has 1 aliphatic rings. The third-order valence-corrected chi connectivity index (χ3v) is 4.63. The van der Waals surface area contributed by atoms with Crippen LogP contribution in [0.2, 0.25) is 0 Å². The Kier molecular flexibility index (Phi) is 5.11. The maximum absolute atomic E-state index is 13.0. The van der Waals surface area contributed by atoms with E-state index in [2.05, 4.69) is 10.4 Å². The van der Waals surface area contributed by atoms with Crippen LogP contribution in [0, 0.1) is 0 Å². The second kappa shape index (κ2) is 7.29. The van der Waals surface area contributed by atoms with Crippen molar-refractivity contribution in [2.75, 3.05) is 0 Å². The van der Waals surface area contributed by atoms with Gasteiger partial charge in [-0.15, -0.1) is 0 Å². The normalized spacial score (nSPS) is 21.1. The standard InChI is InChI=1S/C18H20F3N3O/c19-18(20,21)16-5-2-1-4-13(16)12-17(25)23-14-6-8-15(9-7-14)24-11-3-10-22-24/h1-5,10-11,14-15H,6-9,12H2,(H,23,25). The van der Waals surface area contributed by atoms with E-state index in [4.69, 9.17) is 0 Å². The number of halogens is 3. The minimum Gasteiger partial charge on any atom is -0.353 e. The molecule has 1 aromatic heterocycles. The summed E-state index contributed by atoms with van der Waals surface area (Å²) in [5, 5.41) is 7.11. The van der Waals surface area contributed by atoms with Crippen LogP contribution in [-0.4, -0.2) is 21.7 Å². The number of benzene rings is 1. The zero-order valence-corrected chi connectivity index (χ0v) is 13.7. The number of nitrogens with one attached hydrogen (secondary N) is 1. The summed E-state index contributed by atoms with van der Waals surface area (Å²) in [5.74, 6) is -0.362. The smallest absolute Gasteiger partial charge is 0.353 e. The van der Waals surface area contributed by atoms with Crippen LogP contribution in [0.5, 0.6) is 0 Å². The maximum atomic E-state index is 13.0. The highest BCUT2D eigenvalue weighted by atomic mass is 19.4. The van der Waals surface area contributed by atoms with Crippen LogP contribution in [0.25, 0.3) is 0 Å². The molecule has 2 aromatic rings. The van der Waals surface area contributed by atoms with E-state index < -0.39 is 11.7 Å². The van der Waals surface area contributed by atoms with Crippen molar-refractivity contribution < 1.29 is 18.0 Å². The Labute approximate surface area is 144 Å². The SMILES string of the molecule is O=C(Cc1ccccc1C(F)(F)F)NC1CCC(n2cccn2)CC1. The summed E-state index contributed by atoms with van der Waals surface area (Å²) in [4.78, 5) is 12.2. The molecule has 0 aliphatic heterocycles. The lowest BCUT2D eigenvalue weighted by Gasteiger charge is -2.29. The molecule has 1 heterocycles. The summed E-state index contributed by atoms with van der Waals surface area (Å²) in [6.07, 6.45) is 2.36. The first-order valence-electron chi connectivity index (χ1n) is 8.37. The van der Waals surface area contributed by atoms with E-state index in [0.29, 0.717) is 6.04 Å². The van der Waals surface area contributed by atoms with Crippen LogP contribution < -0.4 is 5.32 Å². The Bertz CT molecular complexity index is 705. The molecule has 1 saturated carbocycles. The molecule has 1 amide bonds. The minimum atomic E-state index is -4.45. The monoisotopic (exact) mass is 351 g/mol. The van der Waals surface area contributed by atoms with E-state index >= 15 is 0 Å². The fourth-order valence-corrected chi connectivity index (χ4v) is 3.38. The third-order valence-electron chi connectivity index (χ3n) is 4.63. The summed E-state index contributed by atoms with van der Waals surface area (Å²) in [7, 11) is 0. The fourth-order valence-electron chi connectivity index (χ4n) is 3.38. The molecule has 0 radical (unpaired) electrons. The van der Waals surface area contributed by atoms with E-state index in [1.807, 2.05) is 16.9 Å². The molecule has 25 heavy (non-hydrogen) atoms. The van der Waals surface area contributed by atoms with Crippen molar-refractivity contribution in [3.8, 4) is 0 Å². The summed E-state index contributed by atoms with van der Waals surface area (Å²) in [5.41, 5.74) is -0.731. The Morgan fingerprint density at radius 3 is 2.52 bits per heavy atom. The van der Waals surface area contributed by atoms with Crippen molar-refractivity contribution in [2.24, 2.45) is 0 Å². The van der Waals surface area contributed by atoms with Gasteiger partial charge >= 0.3 is 6.18 Å². The van der Waals surface area contributed by atoms with Gasteiger partial charge in [0.25, 0.3) is 0 Å². The Hall–Kier alpha value is -2.31. The topological polar surface area (TPSA) is 46.9 Å². The first-order valence-corrected chi connectivity index (χ1v) is 8.37. The summed E-state index contributed by atoms with van der Waals surface area (Å²) >= 11 is 0. The number of carbonyl (C=O) groups excluding carboxylic acids is 1. The zero-order chi connectivity index (χ0) is 17.9. The molecule has 0 unspecified atom stereocenters. The van der Waals surface area contributed by atoms with E-state index in [1.54, 1.807) is 6.20 Å². The van der Waals surface area contributed by atoms with Crippen molar-refractivity contribution in [3.63, 3.8) is 0 Å². The molecule has 1 fully saturated rings. The first kappa shape index (κ1) is 17.5. The van der Waals surface area contributed by atoms with Gasteiger partial charge in [-0.2, -0.15) is 18.3 Å². The molecular formula is C18H20F3N3O. The number of hydrogen-bond acceptors (Lipinski definition) is 2. The second-order valence-electron chi connectivity index (χ2n) is 6.39. The van der Waals surface area contributed by atoms with Gasteiger partial charge in [-0.3, -0.25) is 9.48 Å². The predicted octanol–water partition coefficient (Wildman–Crippen LogP) is 3.74. The van der Waals surface area contributed by atoms with Crippen molar-refractivity contribution in [1.82, 2.24) is 15.1 Å². The van der Waals surface area contributed by atoms with E-state index in [9.17, 15) is 18.0 Å². The van der Waals surface area contributed by atoms with Crippen LogP contribution >= 0.6 is 0 Å². The molecule has 0 saturated heterocycles. The van der Waals surface area contributed by atoms with Gasteiger partial charge in [0.15, 0.2) is 0 Å². The van der Waals surface area contributed by atoms with Gasteiger partial charge in [0, 0.05) is 18.4 Å². The summed E-state index contributed by atoms with van der Waals surface area (Å²) in [6.45, 7) is 0. The number of carbonyl (C=O) groups is 1. The van der Waals surface area contributed by atoms with Crippen molar-refractivity contribution in [1.29, 1.82) is 0 Å². The highest BCUT2D eigenvalue weighted by Gasteiger charge is 2.33. The van der Waals surface area contributed by atoms with Gasteiger partial charge in [-0.25, -0.2) is 0 Å². The van der Waals surface area contributed by atoms with Crippen LogP contribution in [0.4, 0.5) is 13.2 Å². The Morgan fingerprint density at radius 2 is 1.88 bits per heavy atom. The molecule has 134 valence electrons. The molecule has 0 spiro atoms. The maximum Gasteiger partial charge on any atom is 0.416 e. The first-order chi connectivity index (χ1) is 11.9. The summed E-state index contributed by atoms with van der Waals surface area (Å²) in [6, 6.07) is 7.45. The van der Waals surface area contributed by atoms with Crippen molar-refractivity contribution >= 4 is 5.91 Å². The Morgan fingerprint density at radius 1 is 1.16 bits per heavy atom. The molecule has 1 N–H and O–H groups in total. The highest BCUT2D eigenvalue weighted by Crippen LogP contribution is 2.32. The van der Waals surface area contributed by atoms with E-state index in [-0.39, 0.29) is 23.9 Å². The largest absolute Gasteiger partial charge is 0.416 e. The quantitative estimate of drug-likeness (QED) is 0.912. The molecule has 4 nitrogen and oxygen atoms in total.